The molecule has 0 bridgehead atoms. The Labute approximate surface area is 160 Å². The fourth-order valence-corrected chi connectivity index (χ4v) is 3.25. The zero-order valence-electron chi connectivity index (χ0n) is 17.2. The molecule has 1 aromatic rings. The smallest absolute Gasteiger partial charge is 0.305 e. The lowest BCUT2D eigenvalue weighted by molar-refractivity contribution is -0.140. The molecule has 0 aliphatic carbocycles. The summed E-state index contributed by atoms with van der Waals surface area (Å²) >= 11 is 0. The van der Waals surface area contributed by atoms with Crippen molar-refractivity contribution in [3.05, 3.63) is 35.3 Å². The number of aryl methyl sites for hydroxylation is 2. The summed E-state index contributed by atoms with van der Waals surface area (Å²) in [5, 5.41) is 0. The molecule has 1 aromatic heterocycles. The van der Waals surface area contributed by atoms with Crippen LogP contribution in [0.15, 0.2) is 22.6 Å². The topological polar surface area (TPSA) is 39.4 Å². The minimum atomic E-state index is -0.100. The van der Waals surface area contributed by atoms with Gasteiger partial charge >= 0.3 is 5.97 Å². The van der Waals surface area contributed by atoms with Gasteiger partial charge in [-0.2, -0.15) is 0 Å². The summed E-state index contributed by atoms with van der Waals surface area (Å²) in [5.41, 5.74) is 2.51. The van der Waals surface area contributed by atoms with Crippen molar-refractivity contribution in [2.45, 2.75) is 97.3 Å². The minimum absolute atomic E-state index is 0.100. The zero-order chi connectivity index (χ0) is 19.2. The van der Waals surface area contributed by atoms with Gasteiger partial charge in [-0.05, 0) is 44.2 Å². The highest BCUT2D eigenvalue weighted by molar-refractivity contribution is 5.68. The van der Waals surface area contributed by atoms with Gasteiger partial charge in [0.2, 0.25) is 0 Å². The molecule has 0 aromatic carbocycles. The zero-order valence-corrected chi connectivity index (χ0v) is 17.2. The third-order valence-corrected chi connectivity index (χ3v) is 4.73. The van der Waals surface area contributed by atoms with Gasteiger partial charge in [-0.3, -0.25) is 4.79 Å². The van der Waals surface area contributed by atoms with E-state index in [4.69, 9.17) is 4.42 Å². The van der Waals surface area contributed by atoms with E-state index >= 15 is 0 Å². The van der Waals surface area contributed by atoms with Gasteiger partial charge in [0.15, 0.2) is 0 Å². The third-order valence-electron chi connectivity index (χ3n) is 4.73. The van der Waals surface area contributed by atoms with E-state index in [1.807, 2.05) is 0 Å². The quantitative estimate of drug-likeness (QED) is 0.201. The number of ether oxygens (including phenoxy) is 1. The summed E-state index contributed by atoms with van der Waals surface area (Å²) in [7, 11) is 1.45. The van der Waals surface area contributed by atoms with Crippen LogP contribution in [0.5, 0.6) is 0 Å². The van der Waals surface area contributed by atoms with Crippen LogP contribution in [0, 0.1) is 0 Å². The van der Waals surface area contributed by atoms with Gasteiger partial charge < -0.3 is 9.15 Å². The number of rotatable bonds is 15. The average Bonchev–Trinajstić information content (AvgIpc) is 2.98. The van der Waals surface area contributed by atoms with E-state index in [1.54, 1.807) is 0 Å². The van der Waals surface area contributed by atoms with Gasteiger partial charge in [0.1, 0.15) is 11.5 Å². The number of hydrogen-bond donors (Lipinski definition) is 0. The molecule has 0 amide bonds. The molecular formula is C23H38O3. The molecule has 0 radical (unpaired) electrons. The Bertz CT molecular complexity index is 528. The first-order valence-electron chi connectivity index (χ1n) is 10.4. The highest BCUT2D eigenvalue weighted by Crippen LogP contribution is 2.23. The summed E-state index contributed by atoms with van der Waals surface area (Å²) in [6.45, 7) is 8.38. The van der Waals surface area contributed by atoms with Crippen molar-refractivity contribution in [1.82, 2.24) is 0 Å². The highest BCUT2D eigenvalue weighted by Gasteiger charge is 2.11. The third kappa shape index (κ3) is 9.84. The van der Waals surface area contributed by atoms with Gasteiger partial charge in [-0.1, -0.05) is 57.6 Å². The summed E-state index contributed by atoms with van der Waals surface area (Å²) in [4.78, 5) is 11.1. The number of furan rings is 1. The molecule has 0 fully saturated rings. The van der Waals surface area contributed by atoms with Crippen LogP contribution in [-0.2, 0) is 28.8 Å². The Kier molecular flexibility index (Phi) is 11.8. The average molecular weight is 363 g/mol. The van der Waals surface area contributed by atoms with Crippen LogP contribution in [0.3, 0.4) is 0 Å². The first kappa shape index (κ1) is 22.5. The molecule has 3 heteroatoms. The maximum absolute atomic E-state index is 11.1. The van der Waals surface area contributed by atoms with Crippen molar-refractivity contribution < 1.29 is 13.9 Å². The second-order valence-corrected chi connectivity index (χ2v) is 7.45. The van der Waals surface area contributed by atoms with Gasteiger partial charge in [0.05, 0.1) is 7.11 Å². The SMILES string of the molecule is C=C(C)Cc1cc(CCCCCC)oc1CCCCCCCC(=O)OC. The van der Waals surface area contributed by atoms with Gasteiger partial charge in [-0.25, -0.2) is 0 Å². The number of carbonyl (C=O) groups excluding carboxylic acids is 1. The summed E-state index contributed by atoms with van der Waals surface area (Å²) < 4.78 is 10.8. The van der Waals surface area contributed by atoms with Crippen LogP contribution in [-0.4, -0.2) is 13.1 Å². The van der Waals surface area contributed by atoms with Crippen LogP contribution in [0.4, 0.5) is 0 Å². The normalized spacial score (nSPS) is 10.9. The number of carbonyl (C=O) groups is 1. The fourth-order valence-electron chi connectivity index (χ4n) is 3.25. The molecule has 0 spiro atoms. The van der Waals surface area contributed by atoms with E-state index in [-0.39, 0.29) is 5.97 Å². The summed E-state index contributed by atoms with van der Waals surface area (Å²) in [6.07, 6.45) is 14.1. The van der Waals surface area contributed by atoms with Gasteiger partial charge in [0.25, 0.3) is 0 Å². The number of unbranched alkanes of at least 4 members (excludes halogenated alkanes) is 7. The molecule has 148 valence electrons. The maximum atomic E-state index is 11.1. The van der Waals surface area contributed by atoms with Crippen molar-refractivity contribution in [1.29, 1.82) is 0 Å². The van der Waals surface area contributed by atoms with Crippen molar-refractivity contribution in [2.75, 3.05) is 7.11 Å². The minimum Gasteiger partial charge on any atom is -0.469 e. The number of allylic oxidation sites excluding steroid dienone is 1. The van der Waals surface area contributed by atoms with Gasteiger partial charge in [-0.15, -0.1) is 0 Å². The molecule has 1 rings (SSSR count). The van der Waals surface area contributed by atoms with Crippen LogP contribution in [0.25, 0.3) is 0 Å². The molecule has 0 unspecified atom stereocenters. The lowest BCUT2D eigenvalue weighted by Gasteiger charge is -2.03. The Hall–Kier alpha value is -1.51. The van der Waals surface area contributed by atoms with Crippen molar-refractivity contribution in [3.63, 3.8) is 0 Å². The first-order chi connectivity index (χ1) is 12.6. The van der Waals surface area contributed by atoms with Gasteiger partial charge in [0, 0.05) is 19.3 Å². The lowest BCUT2D eigenvalue weighted by Crippen LogP contribution is -1.99. The Morgan fingerprint density at radius 1 is 1.04 bits per heavy atom. The predicted octanol–water partition coefficient (Wildman–Crippen LogP) is 6.58. The largest absolute Gasteiger partial charge is 0.469 e. The fraction of sp³-hybridized carbons (Fsp3) is 0.696. The molecule has 0 saturated carbocycles. The van der Waals surface area contributed by atoms with Crippen molar-refractivity contribution in [2.24, 2.45) is 0 Å². The monoisotopic (exact) mass is 362 g/mol. The Morgan fingerprint density at radius 2 is 1.69 bits per heavy atom. The molecule has 0 N–H and O–H groups in total. The molecule has 26 heavy (non-hydrogen) atoms. The van der Waals surface area contributed by atoms with E-state index in [0.29, 0.717) is 6.42 Å². The van der Waals surface area contributed by atoms with Crippen LogP contribution < -0.4 is 0 Å². The number of esters is 1. The van der Waals surface area contributed by atoms with Crippen molar-refractivity contribution >= 4 is 5.97 Å². The predicted molar refractivity (Wildman–Crippen MR) is 108 cm³/mol. The molecule has 1 heterocycles. The molecule has 0 aliphatic rings. The van der Waals surface area contributed by atoms with Crippen LogP contribution in [0.1, 0.15) is 95.1 Å². The molecular weight excluding hydrogens is 324 g/mol. The summed E-state index contributed by atoms with van der Waals surface area (Å²) in [5.74, 6) is 2.20. The number of hydrogen-bond acceptors (Lipinski definition) is 3. The Morgan fingerprint density at radius 3 is 2.38 bits per heavy atom. The molecule has 0 aliphatic heterocycles. The van der Waals surface area contributed by atoms with E-state index in [0.717, 1.165) is 56.5 Å². The van der Waals surface area contributed by atoms with E-state index < -0.39 is 0 Å². The summed E-state index contributed by atoms with van der Waals surface area (Å²) in [6, 6.07) is 2.26. The standard InChI is InChI=1S/C23H38O3/c1-5-6-7-11-14-21-18-20(17-19(2)3)22(26-21)15-12-9-8-10-13-16-23(24)25-4/h18H,2,5-17H2,1,3-4H3. The van der Waals surface area contributed by atoms with Crippen LogP contribution >= 0.6 is 0 Å². The second-order valence-electron chi connectivity index (χ2n) is 7.45. The van der Waals surface area contributed by atoms with E-state index in [1.165, 1.54) is 50.4 Å². The second kappa shape index (κ2) is 13.7. The Balaban J connectivity index is 2.36. The van der Waals surface area contributed by atoms with Crippen molar-refractivity contribution in [3.8, 4) is 0 Å². The van der Waals surface area contributed by atoms with Crippen LogP contribution in [0.2, 0.25) is 0 Å². The molecule has 0 saturated heterocycles. The number of methoxy groups -OCH3 is 1. The van der Waals surface area contributed by atoms with E-state index in [2.05, 4.69) is 31.2 Å². The molecule has 3 nitrogen and oxygen atoms in total. The maximum Gasteiger partial charge on any atom is 0.305 e. The molecule has 0 atom stereocenters. The highest BCUT2D eigenvalue weighted by atomic mass is 16.5. The first-order valence-corrected chi connectivity index (χ1v) is 10.4. The lowest BCUT2D eigenvalue weighted by atomic mass is 10.0. The van der Waals surface area contributed by atoms with E-state index in [9.17, 15) is 4.79 Å².